The summed E-state index contributed by atoms with van der Waals surface area (Å²) >= 11 is 19.0. The van der Waals surface area contributed by atoms with Crippen molar-refractivity contribution in [1.29, 1.82) is 0 Å². The fourth-order valence-corrected chi connectivity index (χ4v) is 5.10. The van der Waals surface area contributed by atoms with Gasteiger partial charge in [0.15, 0.2) is 5.11 Å². The second-order valence-electron chi connectivity index (χ2n) is 6.60. The fraction of sp³-hybridized carbons (Fsp3) is 0.368. The van der Waals surface area contributed by atoms with Crippen LogP contribution in [-0.2, 0) is 24.1 Å². The Morgan fingerprint density at radius 3 is 2.85 bits per heavy atom. The lowest BCUT2D eigenvalue weighted by Crippen LogP contribution is -2.28. The van der Waals surface area contributed by atoms with Crippen LogP contribution in [0.25, 0.3) is 0 Å². The lowest BCUT2D eigenvalue weighted by atomic mass is 9.88. The van der Waals surface area contributed by atoms with Gasteiger partial charge in [-0.3, -0.25) is 0 Å². The number of fused-ring (bicyclic) bond motifs is 1. The van der Waals surface area contributed by atoms with Gasteiger partial charge in [0.2, 0.25) is 0 Å². The number of carbonyl (C=O) groups is 1. The number of benzene rings is 1. The van der Waals surface area contributed by atoms with Crippen LogP contribution in [0.3, 0.4) is 0 Å². The Bertz CT molecular complexity index is 883. The number of ether oxygens (including phenoxy) is 1. The van der Waals surface area contributed by atoms with Gasteiger partial charge in [-0.05, 0) is 60.7 Å². The third kappa shape index (κ3) is 4.74. The molecule has 2 aromatic rings. The van der Waals surface area contributed by atoms with E-state index in [0.717, 1.165) is 35.4 Å². The Morgan fingerprint density at radius 2 is 2.15 bits per heavy atom. The lowest BCUT2D eigenvalue weighted by molar-refractivity contribution is 0.0601. The second-order valence-corrected chi connectivity index (χ2v) is 8.93. The number of anilines is 1. The molecule has 3 rings (SSSR count). The lowest BCUT2D eigenvalue weighted by Gasteiger charge is -2.18. The third-order valence-corrected chi connectivity index (χ3v) is 6.72. The average molecular weight is 443 g/mol. The highest BCUT2D eigenvalue weighted by molar-refractivity contribution is 7.80. The molecule has 144 valence electrons. The molecule has 0 bridgehead atoms. The second kappa shape index (κ2) is 8.78. The molecule has 8 heteroatoms. The van der Waals surface area contributed by atoms with Gasteiger partial charge in [0.25, 0.3) is 0 Å². The van der Waals surface area contributed by atoms with E-state index in [2.05, 4.69) is 17.6 Å². The number of hydrogen-bond acceptors (Lipinski definition) is 4. The van der Waals surface area contributed by atoms with E-state index in [1.807, 2.05) is 6.07 Å². The summed E-state index contributed by atoms with van der Waals surface area (Å²) in [5, 5.41) is 8.52. The van der Waals surface area contributed by atoms with Gasteiger partial charge in [-0.25, -0.2) is 4.79 Å². The summed E-state index contributed by atoms with van der Waals surface area (Å²) in [6.07, 6.45) is 2.95. The number of esters is 1. The van der Waals surface area contributed by atoms with Crippen LogP contribution in [0, 0.1) is 5.92 Å². The topological polar surface area (TPSA) is 50.4 Å². The number of halogens is 2. The molecule has 27 heavy (non-hydrogen) atoms. The maximum absolute atomic E-state index is 12.3. The molecule has 0 radical (unpaired) electrons. The predicted molar refractivity (Wildman–Crippen MR) is 116 cm³/mol. The summed E-state index contributed by atoms with van der Waals surface area (Å²) in [5.74, 6) is 0.297. The highest BCUT2D eigenvalue weighted by atomic mass is 35.5. The molecule has 1 aliphatic carbocycles. The van der Waals surface area contributed by atoms with Gasteiger partial charge in [-0.15, -0.1) is 11.3 Å². The van der Waals surface area contributed by atoms with Crippen LogP contribution < -0.4 is 10.6 Å². The Balaban J connectivity index is 1.73. The fourth-order valence-electron chi connectivity index (χ4n) is 3.14. The SMILES string of the molecule is COC(=O)c1c(NC(=S)NCc2ccc(Cl)c(Cl)c2)sc2c1CCC(C)C2. The Morgan fingerprint density at radius 1 is 1.37 bits per heavy atom. The van der Waals surface area contributed by atoms with E-state index in [4.69, 9.17) is 40.2 Å². The highest BCUT2D eigenvalue weighted by Crippen LogP contribution is 2.40. The molecule has 0 spiro atoms. The number of nitrogens with one attached hydrogen (secondary N) is 2. The number of rotatable bonds is 4. The maximum Gasteiger partial charge on any atom is 0.341 e. The van der Waals surface area contributed by atoms with Crippen molar-refractivity contribution in [2.75, 3.05) is 12.4 Å². The first-order valence-electron chi connectivity index (χ1n) is 8.60. The molecule has 1 aromatic heterocycles. The summed E-state index contributed by atoms with van der Waals surface area (Å²) in [5.41, 5.74) is 2.67. The Labute approximate surface area is 178 Å². The van der Waals surface area contributed by atoms with Crippen molar-refractivity contribution in [3.63, 3.8) is 0 Å². The van der Waals surface area contributed by atoms with Crippen molar-refractivity contribution in [2.45, 2.75) is 32.7 Å². The number of carbonyl (C=O) groups excluding carboxylic acids is 1. The zero-order valence-corrected chi connectivity index (χ0v) is 18.2. The van der Waals surface area contributed by atoms with Gasteiger partial charge in [0, 0.05) is 11.4 Å². The van der Waals surface area contributed by atoms with Gasteiger partial charge < -0.3 is 15.4 Å². The van der Waals surface area contributed by atoms with Gasteiger partial charge in [0.1, 0.15) is 5.00 Å². The largest absolute Gasteiger partial charge is 0.465 e. The van der Waals surface area contributed by atoms with Crippen LogP contribution in [0.1, 0.15) is 39.7 Å². The molecular formula is C19H20Cl2N2O2S2. The molecule has 0 saturated carbocycles. The summed E-state index contributed by atoms with van der Waals surface area (Å²) in [4.78, 5) is 13.6. The molecule has 0 fully saturated rings. The highest BCUT2D eigenvalue weighted by Gasteiger charge is 2.28. The molecular weight excluding hydrogens is 423 g/mol. The number of thiocarbonyl (C=S) groups is 1. The van der Waals surface area contributed by atoms with Gasteiger partial charge in [-0.2, -0.15) is 0 Å². The molecule has 1 aliphatic rings. The Hall–Kier alpha value is -1.34. The van der Waals surface area contributed by atoms with E-state index in [9.17, 15) is 4.79 Å². The third-order valence-electron chi connectivity index (χ3n) is 4.57. The van der Waals surface area contributed by atoms with Crippen molar-refractivity contribution in [3.05, 3.63) is 49.8 Å². The van der Waals surface area contributed by atoms with E-state index in [1.165, 1.54) is 12.0 Å². The number of hydrogen-bond donors (Lipinski definition) is 2. The van der Waals surface area contributed by atoms with Crippen LogP contribution in [-0.4, -0.2) is 18.2 Å². The van der Waals surface area contributed by atoms with E-state index >= 15 is 0 Å². The zero-order chi connectivity index (χ0) is 19.6. The van der Waals surface area contributed by atoms with Crippen molar-refractivity contribution < 1.29 is 9.53 Å². The average Bonchev–Trinajstić information content (AvgIpc) is 2.98. The molecule has 1 aromatic carbocycles. The van der Waals surface area contributed by atoms with Crippen molar-refractivity contribution in [2.24, 2.45) is 5.92 Å². The standard InChI is InChI=1S/C19H20Cl2N2O2S2/c1-10-3-5-12-15(7-10)27-17(16(12)18(24)25-2)23-19(26)22-9-11-4-6-13(20)14(21)8-11/h4,6,8,10H,3,5,7,9H2,1-2H3,(H2,22,23,26). The minimum Gasteiger partial charge on any atom is -0.465 e. The molecule has 1 heterocycles. The first-order valence-corrected chi connectivity index (χ1v) is 10.6. The van der Waals surface area contributed by atoms with Gasteiger partial charge in [0.05, 0.1) is 22.7 Å². The maximum atomic E-state index is 12.3. The van der Waals surface area contributed by atoms with Crippen LogP contribution in [0.15, 0.2) is 18.2 Å². The van der Waals surface area contributed by atoms with E-state index in [0.29, 0.717) is 33.2 Å². The molecule has 1 atom stereocenters. The minimum atomic E-state index is -0.322. The van der Waals surface area contributed by atoms with Crippen molar-refractivity contribution >= 4 is 62.8 Å². The van der Waals surface area contributed by atoms with Gasteiger partial charge >= 0.3 is 5.97 Å². The minimum absolute atomic E-state index is 0.322. The molecule has 2 N–H and O–H groups in total. The summed E-state index contributed by atoms with van der Waals surface area (Å²) in [7, 11) is 1.41. The predicted octanol–water partition coefficient (Wildman–Crippen LogP) is 5.45. The normalized spacial score (nSPS) is 15.8. The van der Waals surface area contributed by atoms with Crippen molar-refractivity contribution in [1.82, 2.24) is 5.32 Å². The van der Waals surface area contributed by atoms with Crippen LogP contribution in [0.5, 0.6) is 0 Å². The van der Waals surface area contributed by atoms with Crippen molar-refractivity contribution in [3.8, 4) is 0 Å². The van der Waals surface area contributed by atoms with Crippen LogP contribution in [0.4, 0.5) is 5.00 Å². The van der Waals surface area contributed by atoms with E-state index in [1.54, 1.807) is 23.5 Å². The van der Waals surface area contributed by atoms with E-state index < -0.39 is 0 Å². The Kier molecular flexibility index (Phi) is 6.63. The number of thiophene rings is 1. The molecule has 0 saturated heterocycles. The monoisotopic (exact) mass is 442 g/mol. The zero-order valence-electron chi connectivity index (χ0n) is 15.0. The quantitative estimate of drug-likeness (QED) is 0.486. The molecule has 1 unspecified atom stereocenters. The first-order chi connectivity index (χ1) is 12.9. The first kappa shape index (κ1) is 20.4. The smallest absolute Gasteiger partial charge is 0.341 e. The molecule has 0 aliphatic heterocycles. The van der Waals surface area contributed by atoms with E-state index in [-0.39, 0.29) is 5.97 Å². The van der Waals surface area contributed by atoms with Crippen LogP contribution >= 0.6 is 46.8 Å². The number of methoxy groups -OCH3 is 1. The molecule has 0 amide bonds. The van der Waals surface area contributed by atoms with Crippen LogP contribution in [0.2, 0.25) is 10.0 Å². The molecule has 4 nitrogen and oxygen atoms in total. The summed E-state index contributed by atoms with van der Waals surface area (Å²) in [6, 6.07) is 5.43. The van der Waals surface area contributed by atoms with Gasteiger partial charge in [-0.1, -0.05) is 36.2 Å². The summed E-state index contributed by atoms with van der Waals surface area (Å²) < 4.78 is 5.00. The summed E-state index contributed by atoms with van der Waals surface area (Å²) in [6.45, 7) is 2.73.